The van der Waals surface area contributed by atoms with Gasteiger partial charge in [-0.25, -0.2) is 4.79 Å². The average molecular weight is 398 g/mol. The molecule has 0 bridgehead atoms. The lowest BCUT2D eigenvalue weighted by molar-refractivity contribution is -0.128. The summed E-state index contributed by atoms with van der Waals surface area (Å²) in [6.07, 6.45) is 3.48. The summed E-state index contributed by atoms with van der Waals surface area (Å²) in [4.78, 5) is 38.7. The van der Waals surface area contributed by atoms with E-state index in [0.29, 0.717) is 24.2 Å². The number of amides is 2. The van der Waals surface area contributed by atoms with Crippen LogP contribution >= 0.6 is 11.8 Å². The summed E-state index contributed by atoms with van der Waals surface area (Å²) < 4.78 is 5.08. The molecule has 2 aromatic rings. The Labute approximate surface area is 168 Å². The van der Waals surface area contributed by atoms with Gasteiger partial charge in [0.1, 0.15) is 0 Å². The van der Waals surface area contributed by atoms with Crippen molar-refractivity contribution in [2.24, 2.45) is 0 Å². The van der Waals surface area contributed by atoms with Crippen molar-refractivity contribution < 1.29 is 19.1 Å². The van der Waals surface area contributed by atoms with Crippen molar-refractivity contribution in [1.29, 1.82) is 0 Å². The summed E-state index contributed by atoms with van der Waals surface area (Å²) >= 11 is 1.62. The molecule has 0 aliphatic carbocycles. The highest BCUT2D eigenvalue weighted by molar-refractivity contribution is 7.98. The number of hydrogen-bond acceptors (Lipinski definition) is 5. The van der Waals surface area contributed by atoms with Gasteiger partial charge in [-0.1, -0.05) is 12.1 Å². The maximum absolute atomic E-state index is 12.1. The molecule has 0 saturated carbocycles. The van der Waals surface area contributed by atoms with Crippen molar-refractivity contribution in [3.63, 3.8) is 0 Å². The van der Waals surface area contributed by atoms with Crippen molar-refractivity contribution in [3.05, 3.63) is 59.7 Å². The zero-order valence-corrected chi connectivity index (χ0v) is 16.5. The fraction of sp³-hybridized carbons (Fsp3) is 0.286. The van der Waals surface area contributed by atoms with E-state index in [9.17, 15) is 14.4 Å². The summed E-state index contributed by atoms with van der Waals surface area (Å²) in [5, 5.41) is 2.69. The monoisotopic (exact) mass is 398 g/mol. The molecule has 146 valence electrons. The summed E-state index contributed by atoms with van der Waals surface area (Å²) in [5.74, 6) is -0.788. The van der Waals surface area contributed by atoms with E-state index < -0.39 is 11.9 Å². The van der Waals surface area contributed by atoms with Crippen molar-refractivity contribution in [2.75, 3.05) is 24.7 Å². The lowest BCUT2D eigenvalue weighted by Gasteiger charge is -2.15. The van der Waals surface area contributed by atoms with E-state index in [1.807, 2.05) is 23.3 Å². The number of carbonyl (C=O) groups is 3. The van der Waals surface area contributed by atoms with Gasteiger partial charge in [0.15, 0.2) is 6.61 Å². The van der Waals surface area contributed by atoms with Gasteiger partial charge in [-0.3, -0.25) is 9.59 Å². The number of benzene rings is 2. The smallest absolute Gasteiger partial charge is 0.338 e. The van der Waals surface area contributed by atoms with Crippen molar-refractivity contribution in [2.45, 2.75) is 24.3 Å². The number of esters is 1. The highest BCUT2D eigenvalue weighted by atomic mass is 32.2. The van der Waals surface area contributed by atoms with Crippen LogP contribution in [0.4, 0.5) is 5.69 Å². The number of ether oxygens (including phenoxy) is 1. The molecule has 0 spiro atoms. The molecule has 0 radical (unpaired) electrons. The van der Waals surface area contributed by atoms with E-state index in [4.69, 9.17) is 4.74 Å². The topological polar surface area (TPSA) is 75.7 Å². The fourth-order valence-corrected chi connectivity index (χ4v) is 3.33. The molecule has 0 atom stereocenters. The number of nitrogens with zero attached hydrogens (tertiary/aromatic N) is 1. The lowest BCUT2D eigenvalue weighted by Crippen LogP contribution is -2.23. The van der Waals surface area contributed by atoms with Crippen LogP contribution in [0.25, 0.3) is 0 Å². The Bertz CT molecular complexity index is 850. The van der Waals surface area contributed by atoms with Gasteiger partial charge in [-0.2, -0.15) is 0 Å². The summed E-state index contributed by atoms with van der Waals surface area (Å²) in [5.41, 5.74) is 1.98. The molecular weight excluding hydrogens is 376 g/mol. The molecule has 0 aromatic heterocycles. The molecule has 1 fully saturated rings. The number of anilines is 1. The number of hydrogen-bond donors (Lipinski definition) is 1. The Morgan fingerprint density at radius 2 is 1.82 bits per heavy atom. The van der Waals surface area contributed by atoms with Crippen LogP contribution in [0.15, 0.2) is 53.4 Å². The Hall–Kier alpha value is -2.80. The molecule has 28 heavy (non-hydrogen) atoms. The van der Waals surface area contributed by atoms with Crippen LogP contribution in [0.3, 0.4) is 0 Å². The van der Waals surface area contributed by atoms with E-state index >= 15 is 0 Å². The summed E-state index contributed by atoms with van der Waals surface area (Å²) in [6.45, 7) is 0.969. The largest absolute Gasteiger partial charge is 0.452 e. The quantitative estimate of drug-likeness (QED) is 0.572. The second-order valence-electron chi connectivity index (χ2n) is 6.47. The first kappa shape index (κ1) is 19.9. The average Bonchev–Trinajstić information content (AvgIpc) is 3.12. The number of carbonyl (C=O) groups excluding carboxylic acids is 3. The van der Waals surface area contributed by atoms with Crippen molar-refractivity contribution in [1.82, 2.24) is 4.90 Å². The van der Waals surface area contributed by atoms with Crippen molar-refractivity contribution in [3.8, 4) is 0 Å². The standard InChI is InChI=1S/C21H22N2O4S/c1-28-18-10-8-17(9-11-18)22-19(24)14-27-21(26)16-6-4-15(5-7-16)13-23-12-2-3-20(23)25/h4-11H,2-3,12-14H2,1H3,(H,22,24). The molecule has 6 nitrogen and oxygen atoms in total. The molecule has 1 saturated heterocycles. The number of likely N-dealkylation sites (tertiary alicyclic amines) is 1. The number of thioether (sulfide) groups is 1. The van der Waals surface area contributed by atoms with Gasteiger partial charge in [0.25, 0.3) is 5.91 Å². The zero-order chi connectivity index (χ0) is 19.9. The minimum absolute atomic E-state index is 0.164. The minimum Gasteiger partial charge on any atom is -0.452 e. The van der Waals surface area contributed by atoms with Crippen LogP contribution in [0, 0.1) is 0 Å². The Morgan fingerprint density at radius 1 is 1.11 bits per heavy atom. The molecule has 2 amide bonds. The summed E-state index contributed by atoms with van der Waals surface area (Å²) in [7, 11) is 0. The number of rotatable bonds is 7. The van der Waals surface area contributed by atoms with Gasteiger partial charge >= 0.3 is 5.97 Å². The van der Waals surface area contributed by atoms with Crippen molar-refractivity contribution >= 4 is 35.2 Å². The van der Waals surface area contributed by atoms with E-state index in [1.165, 1.54) is 0 Å². The van der Waals surface area contributed by atoms with Gasteiger partial charge in [-0.05, 0) is 54.6 Å². The first-order valence-corrected chi connectivity index (χ1v) is 10.3. The molecule has 1 aliphatic heterocycles. The normalized spacial score (nSPS) is 13.5. The predicted molar refractivity (Wildman–Crippen MR) is 108 cm³/mol. The second-order valence-corrected chi connectivity index (χ2v) is 7.35. The molecule has 1 heterocycles. The maximum atomic E-state index is 12.1. The second kappa shape index (κ2) is 9.41. The number of nitrogens with one attached hydrogen (secondary N) is 1. The third-order valence-corrected chi connectivity index (χ3v) is 5.19. The van der Waals surface area contributed by atoms with Gasteiger partial charge in [0, 0.05) is 30.1 Å². The summed E-state index contributed by atoms with van der Waals surface area (Å²) in [6, 6.07) is 14.3. The van der Waals surface area contributed by atoms with Gasteiger partial charge in [0.05, 0.1) is 5.56 Å². The van der Waals surface area contributed by atoms with E-state index in [1.54, 1.807) is 48.2 Å². The van der Waals surface area contributed by atoms with Crippen LogP contribution in [0.5, 0.6) is 0 Å². The first-order chi connectivity index (χ1) is 13.5. The van der Waals surface area contributed by atoms with Crippen LogP contribution in [-0.2, 0) is 20.9 Å². The SMILES string of the molecule is CSc1ccc(NC(=O)COC(=O)c2ccc(CN3CCCC3=O)cc2)cc1. The molecule has 0 unspecified atom stereocenters. The van der Waals surface area contributed by atoms with E-state index in [0.717, 1.165) is 23.4 Å². The first-order valence-electron chi connectivity index (χ1n) is 9.03. The zero-order valence-electron chi connectivity index (χ0n) is 15.6. The van der Waals surface area contributed by atoms with Crippen LogP contribution in [0.1, 0.15) is 28.8 Å². The molecule has 1 N–H and O–H groups in total. The predicted octanol–water partition coefficient (Wildman–Crippen LogP) is 3.33. The lowest BCUT2D eigenvalue weighted by atomic mass is 10.1. The highest BCUT2D eigenvalue weighted by Gasteiger charge is 2.20. The third-order valence-electron chi connectivity index (χ3n) is 4.44. The van der Waals surface area contributed by atoms with Crippen LogP contribution in [-0.4, -0.2) is 42.1 Å². The van der Waals surface area contributed by atoms with Gasteiger partial charge in [0.2, 0.25) is 5.91 Å². The Balaban J connectivity index is 1.47. The third kappa shape index (κ3) is 5.36. The molecule has 3 rings (SSSR count). The van der Waals surface area contributed by atoms with Gasteiger partial charge < -0.3 is 15.0 Å². The fourth-order valence-electron chi connectivity index (χ4n) is 2.92. The van der Waals surface area contributed by atoms with Crippen LogP contribution < -0.4 is 5.32 Å². The molecule has 1 aliphatic rings. The minimum atomic E-state index is -0.559. The molecular formula is C21H22N2O4S. The molecule has 7 heteroatoms. The van der Waals surface area contributed by atoms with E-state index in [2.05, 4.69) is 5.32 Å². The van der Waals surface area contributed by atoms with Gasteiger partial charge in [-0.15, -0.1) is 11.8 Å². The highest BCUT2D eigenvalue weighted by Crippen LogP contribution is 2.17. The Kier molecular flexibility index (Phi) is 6.71. The molecule has 2 aromatic carbocycles. The Morgan fingerprint density at radius 3 is 2.43 bits per heavy atom. The van der Waals surface area contributed by atoms with E-state index in [-0.39, 0.29) is 12.5 Å². The van der Waals surface area contributed by atoms with Crippen LogP contribution in [0.2, 0.25) is 0 Å². The maximum Gasteiger partial charge on any atom is 0.338 e.